The van der Waals surface area contributed by atoms with Crippen LogP contribution in [0.3, 0.4) is 0 Å². The van der Waals surface area contributed by atoms with E-state index in [-0.39, 0.29) is 37.0 Å². The molecule has 0 N–H and O–H groups in total. The lowest BCUT2D eigenvalue weighted by Crippen LogP contribution is -2.32. The SMILES string of the molecule is [2H]c1c([2H])c([2H])[n+](Cc2ccc(Cl)cc2)c([2H])c1[2H]. The number of rotatable bonds is 2. The molecular formula is C12H11ClN+. The Balaban J connectivity index is 2.48. The number of pyridine rings is 1. The second kappa shape index (κ2) is 4.25. The molecule has 0 spiro atoms. The second-order valence-electron chi connectivity index (χ2n) is 2.81. The summed E-state index contributed by atoms with van der Waals surface area (Å²) >= 11 is 5.78. The van der Waals surface area contributed by atoms with E-state index in [0.717, 1.165) is 5.56 Å². The fraction of sp³-hybridized carbons (Fsp3) is 0.0833. The van der Waals surface area contributed by atoms with Crippen molar-refractivity contribution in [2.45, 2.75) is 6.54 Å². The van der Waals surface area contributed by atoms with E-state index in [0.29, 0.717) is 5.02 Å². The quantitative estimate of drug-likeness (QED) is 0.670. The first kappa shape index (κ1) is 4.94. The van der Waals surface area contributed by atoms with Gasteiger partial charge in [0.15, 0.2) is 18.9 Å². The van der Waals surface area contributed by atoms with Crippen LogP contribution in [0.2, 0.25) is 5.02 Å². The maximum Gasteiger partial charge on any atom is 0.173 e. The molecular weight excluding hydrogens is 194 g/mol. The van der Waals surface area contributed by atoms with Crippen LogP contribution in [-0.2, 0) is 6.54 Å². The molecule has 0 bridgehead atoms. The summed E-state index contributed by atoms with van der Waals surface area (Å²) in [4.78, 5) is 0. The van der Waals surface area contributed by atoms with E-state index in [9.17, 15) is 0 Å². The summed E-state index contributed by atoms with van der Waals surface area (Å²) in [5, 5.41) is 0.592. The minimum atomic E-state index is -0.387. The second-order valence-corrected chi connectivity index (χ2v) is 3.25. The Kier molecular flexibility index (Phi) is 1.50. The third kappa shape index (κ3) is 2.33. The Morgan fingerprint density at radius 3 is 2.36 bits per heavy atom. The van der Waals surface area contributed by atoms with E-state index in [1.54, 1.807) is 24.3 Å². The third-order valence-corrected chi connectivity index (χ3v) is 2.01. The Morgan fingerprint density at radius 2 is 1.71 bits per heavy atom. The highest BCUT2D eigenvalue weighted by atomic mass is 35.5. The fourth-order valence-corrected chi connectivity index (χ4v) is 1.23. The first-order valence-corrected chi connectivity index (χ1v) is 4.51. The largest absolute Gasteiger partial charge is 0.201 e. The molecule has 1 nitrogen and oxygen atoms in total. The molecule has 0 atom stereocenters. The zero-order valence-electron chi connectivity index (χ0n) is 12.3. The molecule has 0 aliphatic heterocycles. The van der Waals surface area contributed by atoms with Crippen LogP contribution in [0.1, 0.15) is 12.4 Å². The van der Waals surface area contributed by atoms with Crippen LogP contribution in [0.4, 0.5) is 0 Å². The van der Waals surface area contributed by atoms with Crippen molar-refractivity contribution in [2.24, 2.45) is 0 Å². The molecule has 70 valence electrons. The Labute approximate surface area is 95.6 Å². The molecule has 0 saturated carbocycles. The van der Waals surface area contributed by atoms with Gasteiger partial charge < -0.3 is 0 Å². The van der Waals surface area contributed by atoms with E-state index >= 15 is 0 Å². The number of nitrogens with zero attached hydrogens (tertiary/aromatic N) is 1. The zero-order chi connectivity index (χ0) is 14.2. The van der Waals surface area contributed by atoms with Gasteiger partial charge in [-0.3, -0.25) is 0 Å². The van der Waals surface area contributed by atoms with Crippen LogP contribution < -0.4 is 4.57 Å². The monoisotopic (exact) mass is 209 g/mol. The van der Waals surface area contributed by atoms with Gasteiger partial charge in [0, 0.05) is 22.7 Å². The molecule has 0 aliphatic carbocycles. The molecule has 0 amide bonds. The van der Waals surface area contributed by atoms with Crippen LogP contribution in [0, 0.1) is 0 Å². The molecule has 1 heterocycles. The molecule has 14 heavy (non-hydrogen) atoms. The lowest BCUT2D eigenvalue weighted by Gasteiger charge is -1.97. The highest BCUT2D eigenvalue weighted by molar-refractivity contribution is 6.30. The van der Waals surface area contributed by atoms with Crippen molar-refractivity contribution in [1.29, 1.82) is 0 Å². The highest BCUT2D eigenvalue weighted by Crippen LogP contribution is 2.08. The fourth-order valence-electron chi connectivity index (χ4n) is 1.10. The van der Waals surface area contributed by atoms with Crippen LogP contribution in [0.25, 0.3) is 0 Å². The van der Waals surface area contributed by atoms with Crippen LogP contribution >= 0.6 is 11.6 Å². The smallest absolute Gasteiger partial charge is 0.173 e. The Morgan fingerprint density at radius 1 is 1.07 bits per heavy atom. The van der Waals surface area contributed by atoms with Crippen molar-refractivity contribution in [3.05, 3.63) is 65.3 Å². The highest BCUT2D eigenvalue weighted by Gasteiger charge is 1.99. The lowest BCUT2D eigenvalue weighted by atomic mass is 10.2. The summed E-state index contributed by atoms with van der Waals surface area (Å²) in [6.45, 7) is 0.201. The normalized spacial score (nSPS) is 15.1. The van der Waals surface area contributed by atoms with Gasteiger partial charge in [-0.2, -0.15) is 0 Å². The number of hydrogen-bond donors (Lipinski definition) is 0. The first-order valence-electron chi connectivity index (χ1n) is 6.63. The molecule has 2 heteroatoms. The summed E-state index contributed by atoms with van der Waals surface area (Å²) in [5.41, 5.74) is 0.813. The summed E-state index contributed by atoms with van der Waals surface area (Å²) in [5.74, 6) is 0. The number of halogens is 1. The predicted octanol–water partition coefficient (Wildman–Crippen LogP) is 2.68. The molecule has 0 unspecified atom stereocenters. The topological polar surface area (TPSA) is 3.88 Å². The molecule has 2 rings (SSSR count). The van der Waals surface area contributed by atoms with Crippen molar-refractivity contribution in [2.75, 3.05) is 0 Å². The molecule has 1 aromatic carbocycles. The summed E-state index contributed by atoms with van der Waals surface area (Å²) in [6.07, 6.45) is -0.470. The molecule has 0 fully saturated rings. The summed E-state index contributed by atoms with van der Waals surface area (Å²) < 4.78 is 39.5. The van der Waals surface area contributed by atoms with Gasteiger partial charge in [0.25, 0.3) is 0 Å². The van der Waals surface area contributed by atoms with Gasteiger partial charge in [0.05, 0.1) is 4.11 Å². The van der Waals surface area contributed by atoms with E-state index in [2.05, 4.69) is 0 Å². The molecule has 0 radical (unpaired) electrons. The summed E-state index contributed by atoms with van der Waals surface area (Å²) in [7, 11) is 0. The molecule has 0 aliphatic rings. The van der Waals surface area contributed by atoms with E-state index in [1.807, 2.05) is 0 Å². The van der Waals surface area contributed by atoms with Gasteiger partial charge in [0.2, 0.25) is 0 Å². The number of hydrogen-bond acceptors (Lipinski definition) is 0. The lowest BCUT2D eigenvalue weighted by molar-refractivity contribution is -0.688. The zero-order valence-corrected chi connectivity index (χ0v) is 8.10. The minimum absolute atomic E-state index is 0.201. The van der Waals surface area contributed by atoms with E-state index in [4.69, 9.17) is 18.5 Å². The van der Waals surface area contributed by atoms with Gasteiger partial charge in [-0.05, 0) is 12.1 Å². The number of benzene rings is 1. The van der Waals surface area contributed by atoms with Crippen LogP contribution in [0.15, 0.2) is 54.7 Å². The van der Waals surface area contributed by atoms with Gasteiger partial charge in [-0.25, -0.2) is 4.57 Å². The Hall–Kier alpha value is -1.34. The van der Waals surface area contributed by atoms with Crippen LogP contribution in [-0.4, -0.2) is 0 Å². The van der Waals surface area contributed by atoms with Crippen LogP contribution in [0.5, 0.6) is 0 Å². The van der Waals surface area contributed by atoms with Crippen molar-refractivity contribution in [1.82, 2.24) is 0 Å². The maximum atomic E-state index is 7.79. The first-order chi connectivity index (χ1) is 8.91. The molecule has 1 aromatic heterocycles. The van der Waals surface area contributed by atoms with E-state index < -0.39 is 0 Å². The van der Waals surface area contributed by atoms with Crippen molar-refractivity contribution in [3.8, 4) is 0 Å². The maximum absolute atomic E-state index is 7.79. The van der Waals surface area contributed by atoms with Crippen molar-refractivity contribution in [3.63, 3.8) is 0 Å². The van der Waals surface area contributed by atoms with Crippen molar-refractivity contribution < 1.29 is 11.4 Å². The number of aromatic nitrogens is 1. The van der Waals surface area contributed by atoms with Gasteiger partial charge >= 0.3 is 0 Å². The van der Waals surface area contributed by atoms with Gasteiger partial charge in [-0.15, -0.1) is 0 Å². The third-order valence-electron chi connectivity index (χ3n) is 1.76. The molecule has 0 saturated heterocycles. The average molecular weight is 210 g/mol. The Bertz CT molecular complexity index is 598. The molecule has 2 aromatic rings. The standard InChI is InChI=1S/C12H11ClN/c13-12-6-4-11(5-7-12)10-14-8-2-1-3-9-14/h1-9H,10H2/q+1/i1D,2D,3D,8D,9D. The average Bonchev–Trinajstić information content (AvgIpc) is 2.41. The van der Waals surface area contributed by atoms with Gasteiger partial charge in [0.1, 0.15) is 2.74 Å². The predicted molar refractivity (Wildman–Crippen MR) is 57.2 cm³/mol. The van der Waals surface area contributed by atoms with E-state index in [1.165, 1.54) is 4.57 Å². The minimum Gasteiger partial charge on any atom is -0.201 e. The van der Waals surface area contributed by atoms with Gasteiger partial charge in [-0.1, -0.05) is 29.8 Å². The summed E-state index contributed by atoms with van der Waals surface area (Å²) in [6, 6.07) is 5.86. The van der Waals surface area contributed by atoms with Crippen molar-refractivity contribution >= 4 is 11.6 Å².